The van der Waals surface area contributed by atoms with Gasteiger partial charge in [0.2, 0.25) is 0 Å². The number of rotatable bonds is 5. The van der Waals surface area contributed by atoms with E-state index in [1.165, 1.54) is 12.8 Å². The Morgan fingerprint density at radius 2 is 2.25 bits per heavy atom. The van der Waals surface area contributed by atoms with Crippen molar-refractivity contribution >= 4 is 5.84 Å². The van der Waals surface area contributed by atoms with Gasteiger partial charge < -0.3 is 5.73 Å². The highest BCUT2D eigenvalue weighted by Gasteiger charge is 2.28. The maximum atomic E-state index is 7.28. The third-order valence-corrected chi connectivity index (χ3v) is 2.51. The largest absolute Gasteiger partial charge is 0.387 e. The van der Waals surface area contributed by atoms with Crippen molar-refractivity contribution in [3.63, 3.8) is 0 Å². The lowest BCUT2D eigenvalue weighted by molar-refractivity contribution is 0.261. The molecule has 1 saturated carbocycles. The molecule has 0 radical (unpaired) electrons. The molecule has 1 rings (SSSR count). The average molecular weight is 169 g/mol. The fourth-order valence-corrected chi connectivity index (χ4v) is 1.43. The molecule has 0 aromatic heterocycles. The Labute approximate surface area is 74.4 Å². The molecule has 12 heavy (non-hydrogen) atoms. The minimum atomic E-state index is 0.213. The standard InChI is InChI=1S/C9H19N3/c1-3-12(8-4-5-8)6-7(2)9(10)11/h7-8H,3-6H2,1-2H3,(H3,10,11). The molecule has 0 spiro atoms. The van der Waals surface area contributed by atoms with E-state index in [1.54, 1.807) is 0 Å². The number of nitrogens with two attached hydrogens (primary N) is 1. The van der Waals surface area contributed by atoms with Crippen LogP contribution in [-0.2, 0) is 0 Å². The van der Waals surface area contributed by atoms with Crippen LogP contribution in [0.15, 0.2) is 0 Å². The monoisotopic (exact) mass is 169 g/mol. The second-order valence-corrected chi connectivity index (χ2v) is 3.68. The third kappa shape index (κ3) is 2.48. The molecule has 1 aliphatic carbocycles. The van der Waals surface area contributed by atoms with Gasteiger partial charge in [-0.1, -0.05) is 13.8 Å². The molecular weight excluding hydrogens is 150 g/mol. The zero-order valence-electron chi connectivity index (χ0n) is 8.01. The average Bonchev–Trinajstić information content (AvgIpc) is 2.82. The van der Waals surface area contributed by atoms with Crippen molar-refractivity contribution in [1.29, 1.82) is 5.41 Å². The molecule has 0 aromatic carbocycles. The summed E-state index contributed by atoms with van der Waals surface area (Å²) in [5.74, 6) is 0.527. The predicted molar refractivity (Wildman–Crippen MR) is 51.3 cm³/mol. The molecule has 1 atom stereocenters. The molecule has 0 amide bonds. The van der Waals surface area contributed by atoms with Crippen LogP contribution in [0.2, 0.25) is 0 Å². The van der Waals surface area contributed by atoms with E-state index in [1.807, 2.05) is 6.92 Å². The first-order valence-corrected chi connectivity index (χ1v) is 4.73. The number of hydrogen-bond donors (Lipinski definition) is 2. The Morgan fingerprint density at radius 1 is 1.67 bits per heavy atom. The van der Waals surface area contributed by atoms with Crippen LogP contribution in [0.4, 0.5) is 0 Å². The zero-order chi connectivity index (χ0) is 9.14. The van der Waals surface area contributed by atoms with Crippen LogP contribution in [0.3, 0.4) is 0 Å². The maximum absolute atomic E-state index is 7.28. The Balaban J connectivity index is 2.30. The van der Waals surface area contributed by atoms with Gasteiger partial charge >= 0.3 is 0 Å². The van der Waals surface area contributed by atoms with E-state index in [0.29, 0.717) is 5.84 Å². The van der Waals surface area contributed by atoms with E-state index in [-0.39, 0.29) is 5.92 Å². The van der Waals surface area contributed by atoms with E-state index < -0.39 is 0 Å². The minimum absolute atomic E-state index is 0.213. The second-order valence-electron chi connectivity index (χ2n) is 3.68. The first-order chi connectivity index (χ1) is 5.65. The van der Waals surface area contributed by atoms with Crippen molar-refractivity contribution in [2.75, 3.05) is 13.1 Å². The summed E-state index contributed by atoms with van der Waals surface area (Å²) in [5, 5.41) is 7.28. The number of nitrogens with zero attached hydrogens (tertiary/aromatic N) is 1. The fraction of sp³-hybridized carbons (Fsp3) is 0.889. The summed E-state index contributed by atoms with van der Waals surface area (Å²) in [6, 6.07) is 0.789. The number of nitrogens with one attached hydrogen (secondary N) is 1. The van der Waals surface area contributed by atoms with E-state index in [2.05, 4.69) is 11.8 Å². The van der Waals surface area contributed by atoms with Crippen molar-refractivity contribution in [2.24, 2.45) is 11.7 Å². The number of amidine groups is 1. The molecule has 1 unspecified atom stereocenters. The first kappa shape index (κ1) is 9.52. The van der Waals surface area contributed by atoms with E-state index >= 15 is 0 Å². The minimum Gasteiger partial charge on any atom is -0.387 e. The summed E-state index contributed by atoms with van der Waals surface area (Å²) in [4.78, 5) is 2.42. The van der Waals surface area contributed by atoms with Crippen LogP contribution >= 0.6 is 0 Å². The second kappa shape index (κ2) is 3.90. The summed E-state index contributed by atoms with van der Waals surface area (Å²) < 4.78 is 0. The molecule has 0 aliphatic heterocycles. The fourth-order valence-electron chi connectivity index (χ4n) is 1.43. The Bertz CT molecular complexity index is 163. The van der Waals surface area contributed by atoms with Crippen LogP contribution in [0.25, 0.3) is 0 Å². The third-order valence-electron chi connectivity index (χ3n) is 2.51. The van der Waals surface area contributed by atoms with Gasteiger partial charge in [-0.05, 0) is 19.4 Å². The summed E-state index contributed by atoms with van der Waals surface area (Å²) in [6.07, 6.45) is 2.66. The van der Waals surface area contributed by atoms with Crippen LogP contribution < -0.4 is 5.73 Å². The first-order valence-electron chi connectivity index (χ1n) is 4.73. The van der Waals surface area contributed by atoms with Crippen molar-refractivity contribution < 1.29 is 0 Å². The van der Waals surface area contributed by atoms with Crippen molar-refractivity contribution in [3.05, 3.63) is 0 Å². The van der Waals surface area contributed by atoms with Crippen LogP contribution in [-0.4, -0.2) is 29.9 Å². The summed E-state index contributed by atoms with van der Waals surface area (Å²) >= 11 is 0. The molecule has 1 aliphatic rings. The normalized spacial score (nSPS) is 19.6. The number of hydrogen-bond acceptors (Lipinski definition) is 2. The molecule has 0 heterocycles. The Kier molecular flexibility index (Phi) is 3.09. The van der Waals surface area contributed by atoms with Gasteiger partial charge in [-0.3, -0.25) is 10.3 Å². The summed E-state index contributed by atoms with van der Waals surface area (Å²) in [5.41, 5.74) is 5.42. The lowest BCUT2D eigenvalue weighted by Crippen LogP contribution is -2.35. The van der Waals surface area contributed by atoms with Gasteiger partial charge in [-0.15, -0.1) is 0 Å². The molecule has 0 bridgehead atoms. The molecule has 3 heteroatoms. The van der Waals surface area contributed by atoms with Crippen molar-refractivity contribution in [2.45, 2.75) is 32.7 Å². The van der Waals surface area contributed by atoms with Crippen LogP contribution in [0.1, 0.15) is 26.7 Å². The van der Waals surface area contributed by atoms with Gasteiger partial charge in [0.05, 0.1) is 5.84 Å². The highest BCUT2D eigenvalue weighted by Crippen LogP contribution is 2.26. The van der Waals surface area contributed by atoms with Gasteiger partial charge in [-0.25, -0.2) is 0 Å². The van der Waals surface area contributed by atoms with Gasteiger partial charge in [0.1, 0.15) is 0 Å². The van der Waals surface area contributed by atoms with Gasteiger partial charge in [0.15, 0.2) is 0 Å². The van der Waals surface area contributed by atoms with E-state index in [4.69, 9.17) is 11.1 Å². The van der Waals surface area contributed by atoms with E-state index in [9.17, 15) is 0 Å². The van der Waals surface area contributed by atoms with Crippen molar-refractivity contribution in [3.8, 4) is 0 Å². The molecular formula is C9H19N3. The molecule has 3 nitrogen and oxygen atoms in total. The molecule has 1 fully saturated rings. The molecule has 0 saturated heterocycles. The summed E-state index contributed by atoms with van der Waals surface area (Å²) in [7, 11) is 0. The highest BCUT2D eigenvalue weighted by atomic mass is 15.2. The molecule has 70 valence electrons. The Morgan fingerprint density at radius 3 is 2.58 bits per heavy atom. The van der Waals surface area contributed by atoms with Crippen LogP contribution in [0, 0.1) is 11.3 Å². The lowest BCUT2D eigenvalue weighted by Gasteiger charge is -2.23. The van der Waals surface area contributed by atoms with Gasteiger partial charge in [0.25, 0.3) is 0 Å². The topological polar surface area (TPSA) is 53.1 Å². The molecule has 3 N–H and O–H groups in total. The van der Waals surface area contributed by atoms with Gasteiger partial charge in [-0.2, -0.15) is 0 Å². The molecule has 0 aromatic rings. The van der Waals surface area contributed by atoms with Crippen molar-refractivity contribution in [1.82, 2.24) is 4.90 Å². The predicted octanol–water partition coefficient (Wildman–Crippen LogP) is 1.04. The summed E-state index contributed by atoms with van der Waals surface area (Å²) in [6.45, 7) is 6.23. The van der Waals surface area contributed by atoms with Gasteiger partial charge in [0, 0.05) is 18.5 Å². The van der Waals surface area contributed by atoms with Crippen LogP contribution in [0.5, 0.6) is 0 Å². The Hall–Kier alpha value is -0.570. The SMILES string of the molecule is CCN(CC(C)C(=N)N)C1CC1. The smallest absolute Gasteiger partial charge is 0.0947 e. The van der Waals surface area contributed by atoms with E-state index in [0.717, 1.165) is 19.1 Å². The highest BCUT2D eigenvalue weighted by molar-refractivity contribution is 5.79. The quantitative estimate of drug-likeness (QED) is 0.477. The maximum Gasteiger partial charge on any atom is 0.0947 e. The lowest BCUT2D eigenvalue weighted by atomic mass is 10.1. The zero-order valence-corrected chi connectivity index (χ0v) is 8.01.